The third-order valence-corrected chi connectivity index (χ3v) is 4.92. The van der Waals surface area contributed by atoms with Crippen LogP contribution >= 0.6 is 11.8 Å². The Morgan fingerprint density at radius 1 is 1.47 bits per heavy atom. The van der Waals surface area contributed by atoms with Gasteiger partial charge in [-0.3, -0.25) is 4.79 Å². The number of amidine groups is 1. The normalized spacial score (nSPS) is 20.9. The van der Waals surface area contributed by atoms with E-state index >= 15 is 0 Å². The van der Waals surface area contributed by atoms with Crippen LogP contribution < -0.4 is 5.73 Å². The van der Waals surface area contributed by atoms with E-state index in [1.54, 1.807) is 16.7 Å². The number of thioether (sulfide) groups is 1. The SMILES string of the molecule is CSCC(C)N(C)C(=O)C1(C(N)=NO)CCCCC1. The number of carbonyl (C=O) groups is 1. The fourth-order valence-corrected chi connectivity index (χ4v) is 3.43. The van der Waals surface area contributed by atoms with E-state index in [0.717, 1.165) is 25.0 Å². The second-order valence-electron chi connectivity index (χ2n) is 5.35. The number of nitrogens with two attached hydrogens (primary N) is 1. The van der Waals surface area contributed by atoms with Crippen molar-refractivity contribution in [3.63, 3.8) is 0 Å². The summed E-state index contributed by atoms with van der Waals surface area (Å²) >= 11 is 1.71. The highest BCUT2D eigenvalue weighted by Crippen LogP contribution is 2.38. The molecule has 1 aliphatic rings. The monoisotopic (exact) mass is 287 g/mol. The second kappa shape index (κ2) is 7.03. The van der Waals surface area contributed by atoms with E-state index < -0.39 is 5.41 Å². The highest BCUT2D eigenvalue weighted by Gasteiger charge is 2.46. The summed E-state index contributed by atoms with van der Waals surface area (Å²) in [6.07, 6.45) is 6.39. The smallest absolute Gasteiger partial charge is 0.236 e. The lowest BCUT2D eigenvalue weighted by atomic mass is 9.72. The second-order valence-corrected chi connectivity index (χ2v) is 6.26. The van der Waals surface area contributed by atoms with Crippen LogP contribution in [0.25, 0.3) is 0 Å². The zero-order valence-electron chi connectivity index (χ0n) is 12.1. The van der Waals surface area contributed by atoms with Crippen LogP contribution in [-0.4, -0.2) is 46.9 Å². The zero-order valence-corrected chi connectivity index (χ0v) is 12.9. The summed E-state index contributed by atoms with van der Waals surface area (Å²) in [6.45, 7) is 2.03. The number of hydrogen-bond donors (Lipinski definition) is 2. The predicted octanol–water partition coefficient (Wildman–Crippen LogP) is 1.89. The minimum Gasteiger partial charge on any atom is -0.409 e. The molecule has 1 unspecified atom stereocenters. The number of hydrogen-bond acceptors (Lipinski definition) is 4. The van der Waals surface area contributed by atoms with Crippen LogP contribution in [0.3, 0.4) is 0 Å². The van der Waals surface area contributed by atoms with Gasteiger partial charge in [-0.2, -0.15) is 11.8 Å². The first-order chi connectivity index (χ1) is 8.99. The van der Waals surface area contributed by atoms with Crippen molar-refractivity contribution < 1.29 is 10.0 Å². The van der Waals surface area contributed by atoms with Crippen molar-refractivity contribution >= 4 is 23.5 Å². The minimum absolute atomic E-state index is 0.0101. The van der Waals surface area contributed by atoms with Gasteiger partial charge in [0.05, 0.1) is 0 Å². The molecule has 19 heavy (non-hydrogen) atoms. The molecule has 1 fully saturated rings. The quantitative estimate of drug-likeness (QED) is 0.350. The molecule has 1 amide bonds. The maximum absolute atomic E-state index is 12.8. The molecular weight excluding hydrogens is 262 g/mol. The van der Waals surface area contributed by atoms with Crippen molar-refractivity contribution in [1.29, 1.82) is 0 Å². The average molecular weight is 287 g/mol. The van der Waals surface area contributed by atoms with Crippen molar-refractivity contribution in [2.24, 2.45) is 16.3 Å². The van der Waals surface area contributed by atoms with E-state index in [4.69, 9.17) is 10.9 Å². The summed E-state index contributed by atoms with van der Waals surface area (Å²) < 4.78 is 0. The highest BCUT2D eigenvalue weighted by atomic mass is 32.2. The number of nitrogens with zero attached hydrogens (tertiary/aromatic N) is 2. The summed E-state index contributed by atoms with van der Waals surface area (Å²) in [4.78, 5) is 14.5. The molecule has 0 aromatic rings. The molecule has 1 saturated carbocycles. The van der Waals surface area contributed by atoms with Gasteiger partial charge in [-0.15, -0.1) is 0 Å². The summed E-state index contributed by atoms with van der Waals surface area (Å²) in [6, 6.07) is 0.146. The molecule has 1 atom stereocenters. The topological polar surface area (TPSA) is 78.9 Å². The molecule has 0 aliphatic heterocycles. The predicted molar refractivity (Wildman–Crippen MR) is 79.5 cm³/mol. The minimum atomic E-state index is -0.797. The molecule has 1 rings (SSSR count). The average Bonchev–Trinajstić information content (AvgIpc) is 2.45. The molecule has 0 bridgehead atoms. The van der Waals surface area contributed by atoms with Crippen LogP contribution in [0.5, 0.6) is 0 Å². The first-order valence-electron chi connectivity index (χ1n) is 6.74. The number of amides is 1. The van der Waals surface area contributed by atoms with Crippen molar-refractivity contribution in [2.75, 3.05) is 19.1 Å². The molecule has 1 aliphatic carbocycles. The molecule has 0 radical (unpaired) electrons. The van der Waals surface area contributed by atoms with Gasteiger partial charge in [0.15, 0.2) is 5.84 Å². The summed E-state index contributed by atoms with van der Waals surface area (Å²) in [5.74, 6) is 0.943. The van der Waals surface area contributed by atoms with Gasteiger partial charge < -0.3 is 15.8 Å². The lowest BCUT2D eigenvalue weighted by Gasteiger charge is -2.39. The van der Waals surface area contributed by atoms with Gasteiger partial charge in [-0.25, -0.2) is 0 Å². The lowest BCUT2D eigenvalue weighted by molar-refractivity contribution is -0.140. The van der Waals surface area contributed by atoms with Gasteiger partial charge in [-0.1, -0.05) is 24.4 Å². The van der Waals surface area contributed by atoms with E-state index in [0.29, 0.717) is 12.8 Å². The molecule has 0 spiro atoms. The van der Waals surface area contributed by atoms with Crippen molar-refractivity contribution in [1.82, 2.24) is 4.90 Å². The van der Waals surface area contributed by atoms with Crippen molar-refractivity contribution in [2.45, 2.75) is 45.1 Å². The van der Waals surface area contributed by atoms with E-state index in [1.165, 1.54) is 0 Å². The Hall–Kier alpha value is -0.910. The van der Waals surface area contributed by atoms with Gasteiger partial charge in [0.25, 0.3) is 0 Å². The maximum atomic E-state index is 12.8. The van der Waals surface area contributed by atoms with Crippen LogP contribution in [0, 0.1) is 5.41 Å². The molecule has 0 saturated heterocycles. The van der Waals surface area contributed by atoms with Crippen LogP contribution in [0.4, 0.5) is 0 Å². The largest absolute Gasteiger partial charge is 0.409 e. The Balaban J connectivity index is 2.95. The Labute approximate surface area is 119 Å². The Morgan fingerprint density at radius 3 is 2.53 bits per heavy atom. The highest BCUT2D eigenvalue weighted by molar-refractivity contribution is 7.98. The summed E-state index contributed by atoms with van der Waals surface area (Å²) in [7, 11) is 1.81. The number of carbonyl (C=O) groups excluding carboxylic acids is 1. The van der Waals surface area contributed by atoms with Gasteiger partial charge >= 0.3 is 0 Å². The number of rotatable bonds is 5. The van der Waals surface area contributed by atoms with Gasteiger partial charge in [0.2, 0.25) is 5.91 Å². The van der Waals surface area contributed by atoms with Crippen molar-refractivity contribution in [3.8, 4) is 0 Å². The summed E-state index contributed by atoms with van der Waals surface area (Å²) in [5.41, 5.74) is 5.05. The van der Waals surface area contributed by atoms with E-state index in [9.17, 15) is 4.79 Å². The van der Waals surface area contributed by atoms with Crippen LogP contribution in [0.1, 0.15) is 39.0 Å². The molecule has 6 heteroatoms. The zero-order chi connectivity index (χ0) is 14.5. The van der Waals surface area contributed by atoms with Crippen molar-refractivity contribution in [3.05, 3.63) is 0 Å². The summed E-state index contributed by atoms with van der Waals surface area (Å²) in [5, 5.41) is 12.1. The first kappa shape index (κ1) is 16.1. The molecule has 0 heterocycles. The molecule has 110 valence electrons. The van der Waals surface area contributed by atoms with Crippen LogP contribution in [-0.2, 0) is 4.79 Å². The Morgan fingerprint density at radius 2 is 2.05 bits per heavy atom. The standard InChI is InChI=1S/C13H25N3O2S/c1-10(9-19-3)16(2)12(17)13(11(14)15-18)7-5-4-6-8-13/h10,18H,4-9H2,1-3H3,(H2,14,15). The Kier molecular flexibility index (Phi) is 5.97. The van der Waals surface area contributed by atoms with Gasteiger partial charge in [0, 0.05) is 18.8 Å². The molecule has 5 nitrogen and oxygen atoms in total. The fourth-order valence-electron chi connectivity index (χ4n) is 2.72. The molecular formula is C13H25N3O2S. The Bertz CT molecular complexity index is 341. The third-order valence-electron chi connectivity index (χ3n) is 4.10. The fraction of sp³-hybridized carbons (Fsp3) is 0.846. The van der Waals surface area contributed by atoms with E-state index in [1.807, 2.05) is 20.2 Å². The third kappa shape index (κ3) is 3.35. The first-order valence-corrected chi connectivity index (χ1v) is 8.13. The van der Waals surface area contributed by atoms with Gasteiger partial charge in [-0.05, 0) is 26.0 Å². The van der Waals surface area contributed by atoms with Gasteiger partial charge in [0.1, 0.15) is 5.41 Å². The molecule has 0 aromatic carbocycles. The van der Waals surface area contributed by atoms with E-state index in [2.05, 4.69) is 5.16 Å². The lowest BCUT2D eigenvalue weighted by Crippen LogP contribution is -2.53. The molecule has 3 N–H and O–H groups in total. The number of oxime groups is 1. The van der Waals surface area contributed by atoms with Crippen LogP contribution in [0.2, 0.25) is 0 Å². The maximum Gasteiger partial charge on any atom is 0.236 e. The molecule has 0 aromatic heterocycles. The van der Waals surface area contributed by atoms with Crippen LogP contribution in [0.15, 0.2) is 5.16 Å². The van der Waals surface area contributed by atoms with E-state index in [-0.39, 0.29) is 17.8 Å².